The maximum absolute atomic E-state index is 13.1. The molecule has 1 N–H and O–H groups in total. The van der Waals surface area contributed by atoms with Gasteiger partial charge >= 0.3 is 0 Å². The van der Waals surface area contributed by atoms with Crippen LogP contribution >= 0.6 is 0 Å². The summed E-state index contributed by atoms with van der Waals surface area (Å²) < 4.78 is 11.0. The minimum absolute atomic E-state index is 0.0599. The number of benzene rings is 1. The van der Waals surface area contributed by atoms with E-state index in [2.05, 4.69) is 4.98 Å². The predicted molar refractivity (Wildman–Crippen MR) is 110 cm³/mol. The number of aromatic nitrogens is 1. The van der Waals surface area contributed by atoms with Gasteiger partial charge in [-0.3, -0.25) is 14.6 Å². The summed E-state index contributed by atoms with van der Waals surface area (Å²) >= 11 is 0. The summed E-state index contributed by atoms with van der Waals surface area (Å²) in [5.41, 5.74) is 1.10. The second-order valence-corrected chi connectivity index (χ2v) is 7.46. The van der Waals surface area contributed by atoms with Crippen LogP contribution in [0.25, 0.3) is 5.76 Å². The third-order valence-corrected chi connectivity index (χ3v) is 5.88. The van der Waals surface area contributed by atoms with Crippen molar-refractivity contribution in [3.63, 3.8) is 0 Å². The normalized spacial score (nSPS) is 21.3. The van der Waals surface area contributed by atoms with Gasteiger partial charge in [-0.1, -0.05) is 25.0 Å². The molecule has 0 radical (unpaired) electrons. The molecule has 2 heterocycles. The van der Waals surface area contributed by atoms with E-state index in [1.165, 1.54) is 26.6 Å². The molecule has 30 heavy (non-hydrogen) atoms. The molecule has 1 aliphatic heterocycles. The van der Waals surface area contributed by atoms with Gasteiger partial charge in [0, 0.05) is 29.6 Å². The summed E-state index contributed by atoms with van der Waals surface area (Å²) in [5, 5.41) is 11.1. The maximum atomic E-state index is 13.1. The average Bonchev–Trinajstić information content (AvgIpc) is 3.40. The fourth-order valence-electron chi connectivity index (χ4n) is 4.51. The monoisotopic (exact) mass is 408 g/mol. The van der Waals surface area contributed by atoms with Gasteiger partial charge in [0.1, 0.15) is 5.76 Å². The van der Waals surface area contributed by atoms with E-state index in [0.717, 1.165) is 25.7 Å². The first-order valence-corrected chi connectivity index (χ1v) is 9.99. The molecule has 1 aliphatic carbocycles. The largest absolute Gasteiger partial charge is 0.507 e. The van der Waals surface area contributed by atoms with Crippen LogP contribution < -0.4 is 9.47 Å². The first-order chi connectivity index (χ1) is 14.6. The topological polar surface area (TPSA) is 89.0 Å². The molecule has 7 heteroatoms. The Labute approximate surface area is 174 Å². The summed E-state index contributed by atoms with van der Waals surface area (Å²) in [5.74, 6) is -0.559. The van der Waals surface area contributed by atoms with Crippen LogP contribution in [-0.2, 0) is 9.59 Å². The van der Waals surface area contributed by atoms with Gasteiger partial charge in [0.05, 0.1) is 25.8 Å². The standard InChI is InChI=1S/C23H24N2O5/c1-29-17-9-5-8-16(22(17)30-2)19-18(20(26)14-10-12-24-13-11-14)21(27)23(28)25(19)15-6-3-4-7-15/h5,8-13,15,19,26H,3-4,6-7H2,1-2H3/b20-18-. The van der Waals surface area contributed by atoms with Crippen LogP contribution in [-0.4, -0.2) is 46.9 Å². The number of hydrogen-bond donors (Lipinski definition) is 1. The van der Waals surface area contributed by atoms with Crippen LogP contribution in [0.2, 0.25) is 0 Å². The molecule has 2 fully saturated rings. The number of amides is 1. The van der Waals surface area contributed by atoms with Gasteiger partial charge in [0.2, 0.25) is 0 Å². The summed E-state index contributed by atoms with van der Waals surface area (Å²) in [6.07, 6.45) is 6.71. The van der Waals surface area contributed by atoms with E-state index in [4.69, 9.17) is 9.47 Å². The minimum atomic E-state index is -0.758. The van der Waals surface area contributed by atoms with Gasteiger partial charge in [0.25, 0.3) is 11.7 Å². The highest BCUT2D eigenvalue weighted by Crippen LogP contribution is 2.47. The number of para-hydroxylation sites is 1. The molecule has 0 bridgehead atoms. The lowest BCUT2D eigenvalue weighted by Gasteiger charge is -2.31. The van der Waals surface area contributed by atoms with Crippen LogP contribution in [0.3, 0.4) is 0 Å². The lowest BCUT2D eigenvalue weighted by Crippen LogP contribution is -2.37. The van der Waals surface area contributed by atoms with Crippen molar-refractivity contribution in [3.05, 3.63) is 59.4 Å². The molecule has 1 aromatic carbocycles. The van der Waals surface area contributed by atoms with E-state index < -0.39 is 17.7 Å². The first kappa shape index (κ1) is 19.9. The zero-order valence-electron chi connectivity index (χ0n) is 17.0. The summed E-state index contributed by atoms with van der Waals surface area (Å²) in [6, 6.07) is 7.75. The molecular formula is C23H24N2O5. The summed E-state index contributed by atoms with van der Waals surface area (Å²) in [4.78, 5) is 31.8. The SMILES string of the molecule is COc1cccc(C2/C(=C(/O)c3ccncc3)C(=O)C(=O)N2C2CCCC2)c1OC. The van der Waals surface area contributed by atoms with Gasteiger partial charge in [-0.05, 0) is 31.0 Å². The first-order valence-electron chi connectivity index (χ1n) is 9.99. The van der Waals surface area contributed by atoms with Crippen LogP contribution in [0.5, 0.6) is 11.5 Å². The maximum Gasteiger partial charge on any atom is 0.295 e. The number of methoxy groups -OCH3 is 2. The van der Waals surface area contributed by atoms with Gasteiger partial charge in [-0.15, -0.1) is 0 Å². The van der Waals surface area contributed by atoms with Crippen LogP contribution in [0.4, 0.5) is 0 Å². The zero-order chi connectivity index (χ0) is 21.3. The number of pyridine rings is 1. The number of nitrogens with zero attached hydrogens (tertiary/aromatic N) is 2. The van der Waals surface area contributed by atoms with Crippen molar-refractivity contribution in [2.45, 2.75) is 37.8 Å². The number of likely N-dealkylation sites (tertiary alicyclic amines) is 1. The Balaban J connectivity index is 1.96. The fourth-order valence-corrected chi connectivity index (χ4v) is 4.51. The van der Waals surface area contributed by atoms with Crippen molar-refractivity contribution in [3.8, 4) is 11.5 Å². The van der Waals surface area contributed by atoms with E-state index in [1.807, 2.05) is 0 Å². The fraction of sp³-hybridized carbons (Fsp3) is 0.348. The Morgan fingerprint density at radius 1 is 1.07 bits per heavy atom. The van der Waals surface area contributed by atoms with Gasteiger partial charge in [0.15, 0.2) is 11.5 Å². The number of aliphatic hydroxyl groups is 1. The number of rotatable bonds is 5. The Bertz CT molecular complexity index is 996. The molecule has 2 aliphatic rings. The number of hydrogen-bond acceptors (Lipinski definition) is 6. The van der Waals surface area contributed by atoms with Crippen molar-refractivity contribution in [2.24, 2.45) is 0 Å². The van der Waals surface area contributed by atoms with E-state index in [1.54, 1.807) is 35.2 Å². The van der Waals surface area contributed by atoms with Crippen LogP contribution in [0, 0.1) is 0 Å². The molecule has 2 aromatic rings. The van der Waals surface area contributed by atoms with Crippen molar-refractivity contribution in [1.29, 1.82) is 0 Å². The Morgan fingerprint density at radius 3 is 2.40 bits per heavy atom. The van der Waals surface area contributed by atoms with Crippen molar-refractivity contribution < 1.29 is 24.2 Å². The Kier molecular flexibility index (Phi) is 5.44. The molecule has 1 atom stereocenters. The third kappa shape index (κ3) is 3.20. The smallest absolute Gasteiger partial charge is 0.295 e. The minimum Gasteiger partial charge on any atom is -0.507 e. The van der Waals surface area contributed by atoms with Crippen LogP contribution in [0.15, 0.2) is 48.3 Å². The molecule has 1 unspecified atom stereocenters. The summed E-state index contributed by atoms with van der Waals surface area (Å²) in [6.45, 7) is 0. The number of ether oxygens (including phenoxy) is 2. The molecule has 1 aromatic heterocycles. The lowest BCUT2D eigenvalue weighted by atomic mass is 9.94. The molecule has 156 valence electrons. The molecule has 1 saturated carbocycles. The van der Waals surface area contributed by atoms with Gasteiger partial charge < -0.3 is 19.5 Å². The molecule has 4 rings (SSSR count). The highest BCUT2D eigenvalue weighted by molar-refractivity contribution is 6.46. The van der Waals surface area contributed by atoms with E-state index in [0.29, 0.717) is 22.6 Å². The second kappa shape index (κ2) is 8.18. The third-order valence-electron chi connectivity index (χ3n) is 5.88. The number of aliphatic hydroxyl groups excluding tert-OH is 1. The molecule has 7 nitrogen and oxygen atoms in total. The number of carbonyl (C=O) groups is 2. The van der Waals surface area contributed by atoms with Gasteiger partial charge in [-0.2, -0.15) is 0 Å². The number of carbonyl (C=O) groups excluding carboxylic acids is 2. The second-order valence-electron chi connectivity index (χ2n) is 7.46. The molecule has 1 saturated heterocycles. The van der Waals surface area contributed by atoms with Crippen molar-refractivity contribution in [2.75, 3.05) is 14.2 Å². The predicted octanol–water partition coefficient (Wildman–Crippen LogP) is 3.46. The van der Waals surface area contributed by atoms with E-state index >= 15 is 0 Å². The number of Topliss-reactive ketones (excluding diaryl/α,β-unsaturated/α-hetero) is 1. The average molecular weight is 408 g/mol. The molecule has 1 amide bonds. The highest BCUT2D eigenvalue weighted by atomic mass is 16.5. The van der Waals surface area contributed by atoms with E-state index in [-0.39, 0.29) is 17.4 Å². The zero-order valence-corrected chi connectivity index (χ0v) is 17.0. The Hall–Kier alpha value is -3.35. The molecule has 0 spiro atoms. The molecular weight excluding hydrogens is 384 g/mol. The van der Waals surface area contributed by atoms with Gasteiger partial charge in [-0.25, -0.2) is 0 Å². The van der Waals surface area contributed by atoms with Crippen LogP contribution in [0.1, 0.15) is 42.9 Å². The number of ketones is 1. The highest BCUT2D eigenvalue weighted by Gasteiger charge is 2.50. The quantitative estimate of drug-likeness (QED) is 0.463. The summed E-state index contributed by atoms with van der Waals surface area (Å²) in [7, 11) is 3.05. The lowest BCUT2D eigenvalue weighted by molar-refractivity contribution is -0.141. The van der Waals surface area contributed by atoms with Crippen molar-refractivity contribution >= 4 is 17.4 Å². The van der Waals surface area contributed by atoms with Crippen molar-refractivity contribution in [1.82, 2.24) is 9.88 Å². The van der Waals surface area contributed by atoms with E-state index in [9.17, 15) is 14.7 Å². The Morgan fingerprint density at radius 2 is 1.77 bits per heavy atom.